The molecule has 0 fully saturated rings. The lowest BCUT2D eigenvalue weighted by atomic mass is 10.0. The summed E-state index contributed by atoms with van der Waals surface area (Å²) in [6.45, 7) is 2.74. The first-order valence-electron chi connectivity index (χ1n) is 7.08. The standard InChI is InChI=1S/C17H17FN2O/c1-11-4-2-6-14(18)16(11)20-17(21)13-7-8-15-12(10-13)5-3-9-19-15/h2,4,6-8,10,19H,3,5,9H2,1H3,(H,20,21). The summed E-state index contributed by atoms with van der Waals surface area (Å²) in [4.78, 5) is 12.3. The molecule has 2 aromatic rings. The van der Waals surface area contributed by atoms with Crippen LogP contribution >= 0.6 is 0 Å². The maximum absolute atomic E-state index is 13.8. The topological polar surface area (TPSA) is 41.1 Å². The van der Waals surface area contributed by atoms with Crippen LogP contribution in [0.2, 0.25) is 0 Å². The fourth-order valence-corrected chi connectivity index (χ4v) is 2.59. The first-order valence-corrected chi connectivity index (χ1v) is 7.08. The van der Waals surface area contributed by atoms with Gasteiger partial charge in [0.1, 0.15) is 5.82 Å². The molecule has 0 atom stereocenters. The minimum absolute atomic E-state index is 0.248. The van der Waals surface area contributed by atoms with E-state index in [1.54, 1.807) is 25.1 Å². The number of rotatable bonds is 2. The number of hydrogen-bond donors (Lipinski definition) is 2. The average molecular weight is 284 g/mol. The molecule has 2 aromatic carbocycles. The largest absolute Gasteiger partial charge is 0.385 e. The number of para-hydroxylation sites is 1. The Morgan fingerprint density at radius 1 is 1.29 bits per heavy atom. The number of carbonyl (C=O) groups is 1. The van der Waals surface area contributed by atoms with Crippen molar-refractivity contribution in [2.24, 2.45) is 0 Å². The van der Waals surface area contributed by atoms with E-state index in [2.05, 4.69) is 10.6 Å². The SMILES string of the molecule is Cc1cccc(F)c1NC(=O)c1ccc2c(c1)CCCN2. The van der Waals surface area contributed by atoms with Crippen LogP contribution in [0.5, 0.6) is 0 Å². The van der Waals surface area contributed by atoms with Crippen molar-refractivity contribution in [1.82, 2.24) is 0 Å². The lowest BCUT2D eigenvalue weighted by Gasteiger charge is -2.18. The van der Waals surface area contributed by atoms with Crippen molar-refractivity contribution in [3.63, 3.8) is 0 Å². The Morgan fingerprint density at radius 3 is 2.95 bits per heavy atom. The quantitative estimate of drug-likeness (QED) is 0.882. The number of anilines is 2. The second-order valence-corrected chi connectivity index (χ2v) is 5.29. The van der Waals surface area contributed by atoms with Gasteiger partial charge in [0.25, 0.3) is 5.91 Å². The molecule has 1 amide bonds. The molecule has 0 unspecified atom stereocenters. The fourth-order valence-electron chi connectivity index (χ4n) is 2.59. The first kappa shape index (κ1) is 13.6. The Labute approximate surface area is 123 Å². The molecule has 0 aromatic heterocycles. The van der Waals surface area contributed by atoms with Crippen LogP contribution in [0.25, 0.3) is 0 Å². The van der Waals surface area contributed by atoms with Crippen LogP contribution in [0.3, 0.4) is 0 Å². The molecule has 1 aliphatic rings. The third-order valence-electron chi connectivity index (χ3n) is 3.77. The van der Waals surface area contributed by atoms with E-state index in [4.69, 9.17) is 0 Å². The first-order chi connectivity index (χ1) is 10.1. The summed E-state index contributed by atoms with van der Waals surface area (Å²) in [5.41, 5.74) is 3.74. The molecule has 21 heavy (non-hydrogen) atoms. The molecule has 3 rings (SSSR count). The summed E-state index contributed by atoms with van der Waals surface area (Å²) in [5, 5.41) is 5.97. The van der Waals surface area contributed by atoms with E-state index in [0.29, 0.717) is 11.1 Å². The zero-order chi connectivity index (χ0) is 14.8. The highest BCUT2D eigenvalue weighted by atomic mass is 19.1. The van der Waals surface area contributed by atoms with Gasteiger partial charge in [0, 0.05) is 17.8 Å². The Hall–Kier alpha value is -2.36. The number of fused-ring (bicyclic) bond motifs is 1. The number of carbonyl (C=O) groups excluding carboxylic acids is 1. The fraction of sp³-hybridized carbons (Fsp3) is 0.235. The van der Waals surface area contributed by atoms with Crippen molar-refractivity contribution < 1.29 is 9.18 Å². The van der Waals surface area contributed by atoms with Crippen molar-refractivity contribution in [3.05, 3.63) is 58.9 Å². The van der Waals surface area contributed by atoms with Gasteiger partial charge in [0.15, 0.2) is 0 Å². The maximum Gasteiger partial charge on any atom is 0.255 e. The minimum atomic E-state index is -0.414. The molecule has 0 spiro atoms. The van der Waals surface area contributed by atoms with Gasteiger partial charge in [-0.05, 0) is 55.2 Å². The van der Waals surface area contributed by atoms with Crippen LogP contribution in [-0.4, -0.2) is 12.5 Å². The van der Waals surface area contributed by atoms with Gasteiger partial charge in [-0.2, -0.15) is 0 Å². The van der Waals surface area contributed by atoms with Crippen molar-refractivity contribution in [1.29, 1.82) is 0 Å². The molecule has 0 saturated carbocycles. The van der Waals surface area contributed by atoms with Crippen molar-refractivity contribution >= 4 is 17.3 Å². The van der Waals surface area contributed by atoms with E-state index in [1.807, 2.05) is 12.1 Å². The Kier molecular flexibility index (Phi) is 3.60. The highest BCUT2D eigenvalue weighted by molar-refractivity contribution is 6.05. The number of aryl methyl sites for hydroxylation is 2. The summed E-state index contributed by atoms with van der Waals surface area (Å²) in [5.74, 6) is -0.695. The summed E-state index contributed by atoms with van der Waals surface area (Å²) in [7, 11) is 0. The lowest BCUT2D eigenvalue weighted by molar-refractivity contribution is 0.102. The van der Waals surface area contributed by atoms with Gasteiger partial charge in [-0.3, -0.25) is 4.79 Å². The molecule has 0 aliphatic carbocycles. The second-order valence-electron chi connectivity index (χ2n) is 5.29. The molecule has 0 bridgehead atoms. The summed E-state index contributed by atoms with van der Waals surface area (Å²) in [6.07, 6.45) is 2.02. The summed E-state index contributed by atoms with van der Waals surface area (Å²) < 4.78 is 13.8. The third-order valence-corrected chi connectivity index (χ3v) is 3.77. The Bertz CT molecular complexity index is 677. The van der Waals surface area contributed by atoms with E-state index in [-0.39, 0.29) is 11.6 Å². The van der Waals surface area contributed by atoms with E-state index in [0.717, 1.165) is 30.6 Å². The van der Waals surface area contributed by atoms with Gasteiger partial charge in [-0.1, -0.05) is 12.1 Å². The maximum atomic E-state index is 13.8. The molecule has 108 valence electrons. The summed E-state index contributed by atoms with van der Waals surface area (Å²) in [6, 6.07) is 10.3. The van der Waals surface area contributed by atoms with Crippen molar-refractivity contribution in [2.75, 3.05) is 17.2 Å². The van der Waals surface area contributed by atoms with Gasteiger partial charge in [0.05, 0.1) is 5.69 Å². The molecular formula is C17H17FN2O. The van der Waals surface area contributed by atoms with Crippen LogP contribution in [0, 0.1) is 12.7 Å². The Morgan fingerprint density at radius 2 is 2.14 bits per heavy atom. The Balaban J connectivity index is 1.86. The minimum Gasteiger partial charge on any atom is -0.385 e. The number of nitrogens with one attached hydrogen (secondary N) is 2. The van der Waals surface area contributed by atoms with E-state index < -0.39 is 5.82 Å². The lowest BCUT2D eigenvalue weighted by Crippen LogP contribution is -2.16. The van der Waals surface area contributed by atoms with Crippen molar-refractivity contribution in [2.45, 2.75) is 19.8 Å². The number of benzene rings is 2. The van der Waals surface area contributed by atoms with Gasteiger partial charge < -0.3 is 10.6 Å². The second kappa shape index (κ2) is 5.56. The average Bonchev–Trinajstić information content (AvgIpc) is 2.50. The van der Waals surface area contributed by atoms with Crippen LogP contribution < -0.4 is 10.6 Å². The highest BCUT2D eigenvalue weighted by Gasteiger charge is 2.14. The van der Waals surface area contributed by atoms with Gasteiger partial charge in [-0.15, -0.1) is 0 Å². The molecule has 3 nitrogen and oxygen atoms in total. The third kappa shape index (κ3) is 2.75. The van der Waals surface area contributed by atoms with Gasteiger partial charge in [0.2, 0.25) is 0 Å². The molecule has 4 heteroatoms. The van der Waals surface area contributed by atoms with E-state index in [9.17, 15) is 9.18 Å². The summed E-state index contributed by atoms with van der Waals surface area (Å²) >= 11 is 0. The highest BCUT2D eigenvalue weighted by Crippen LogP contribution is 2.24. The number of halogens is 1. The predicted octanol–water partition coefficient (Wildman–Crippen LogP) is 3.74. The molecule has 0 radical (unpaired) electrons. The number of hydrogen-bond acceptors (Lipinski definition) is 2. The smallest absolute Gasteiger partial charge is 0.255 e. The molecule has 2 N–H and O–H groups in total. The van der Waals surface area contributed by atoms with Crippen LogP contribution in [0.1, 0.15) is 27.9 Å². The normalized spacial score (nSPS) is 13.2. The predicted molar refractivity (Wildman–Crippen MR) is 82.3 cm³/mol. The van der Waals surface area contributed by atoms with Crippen LogP contribution in [-0.2, 0) is 6.42 Å². The zero-order valence-electron chi connectivity index (χ0n) is 11.9. The van der Waals surface area contributed by atoms with Crippen LogP contribution in [0.15, 0.2) is 36.4 Å². The van der Waals surface area contributed by atoms with E-state index in [1.165, 1.54) is 6.07 Å². The van der Waals surface area contributed by atoms with E-state index >= 15 is 0 Å². The van der Waals surface area contributed by atoms with Crippen molar-refractivity contribution in [3.8, 4) is 0 Å². The van der Waals surface area contributed by atoms with Gasteiger partial charge >= 0.3 is 0 Å². The molecule has 0 saturated heterocycles. The van der Waals surface area contributed by atoms with Gasteiger partial charge in [-0.25, -0.2) is 4.39 Å². The zero-order valence-corrected chi connectivity index (χ0v) is 11.9. The number of amides is 1. The van der Waals surface area contributed by atoms with Crippen LogP contribution in [0.4, 0.5) is 15.8 Å². The molecule has 1 aliphatic heterocycles. The molecule has 1 heterocycles. The molecular weight excluding hydrogens is 267 g/mol. The monoisotopic (exact) mass is 284 g/mol.